The summed E-state index contributed by atoms with van der Waals surface area (Å²) >= 11 is 0. The first-order valence-electron chi connectivity index (χ1n) is 7.47. The molecule has 0 saturated carbocycles. The van der Waals surface area contributed by atoms with E-state index in [1.165, 1.54) is 37.8 Å². The van der Waals surface area contributed by atoms with E-state index in [-0.39, 0.29) is 0 Å². The second kappa shape index (κ2) is 9.16. The van der Waals surface area contributed by atoms with E-state index in [0.29, 0.717) is 0 Å². The van der Waals surface area contributed by atoms with Crippen LogP contribution in [-0.2, 0) is 6.42 Å². The molecule has 0 bridgehead atoms. The van der Waals surface area contributed by atoms with E-state index in [1.807, 2.05) is 0 Å². The molecule has 1 aromatic carbocycles. The molecule has 1 atom stereocenters. The molecule has 0 aliphatic rings. The molecule has 18 heavy (non-hydrogen) atoms. The fourth-order valence-corrected chi connectivity index (χ4v) is 2.56. The average molecular weight is 247 g/mol. The van der Waals surface area contributed by atoms with Gasteiger partial charge in [0.1, 0.15) is 0 Å². The van der Waals surface area contributed by atoms with Crippen LogP contribution >= 0.6 is 0 Å². The predicted octanol–water partition coefficient (Wildman–Crippen LogP) is 4.28. The molecule has 0 aliphatic carbocycles. The largest absolute Gasteiger partial charge is 0.317 e. The van der Waals surface area contributed by atoms with Crippen molar-refractivity contribution in [2.45, 2.75) is 46.5 Å². The van der Waals surface area contributed by atoms with Gasteiger partial charge < -0.3 is 5.32 Å². The highest BCUT2D eigenvalue weighted by Gasteiger charge is 2.10. The van der Waals surface area contributed by atoms with Crippen molar-refractivity contribution < 1.29 is 0 Å². The molecule has 0 amide bonds. The Bertz CT molecular complexity index is 292. The lowest BCUT2D eigenvalue weighted by atomic mass is 9.91. The lowest BCUT2D eigenvalue weighted by molar-refractivity contribution is 0.362. The Morgan fingerprint density at radius 2 is 1.83 bits per heavy atom. The summed E-state index contributed by atoms with van der Waals surface area (Å²) in [4.78, 5) is 0. The lowest BCUT2D eigenvalue weighted by Gasteiger charge is -2.19. The molecule has 1 aromatic rings. The Balaban J connectivity index is 2.27. The Morgan fingerprint density at radius 3 is 2.44 bits per heavy atom. The van der Waals surface area contributed by atoms with Gasteiger partial charge in [0.05, 0.1) is 0 Å². The fourth-order valence-electron chi connectivity index (χ4n) is 2.56. The maximum absolute atomic E-state index is 3.50. The Morgan fingerprint density at radius 1 is 1.11 bits per heavy atom. The van der Waals surface area contributed by atoms with Gasteiger partial charge in [0.2, 0.25) is 0 Å². The van der Waals surface area contributed by atoms with Crippen LogP contribution in [0.1, 0.15) is 45.6 Å². The molecule has 0 spiro atoms. The van der Waals surface area contributed by atoms with Gasteiger partial charge in [-0.1, -0.05) is 51.1 Å². The Kier molecular flexibility index (Phi) is 7.75. The number of hydrogen-bond donors (Lipinski definition) is 1. The molecular formula is C17H29N. The zero-order chi connectivity index (χ0) is 13.2. The van der Waals surface area contributed by atoms with Gasteiger partial charge in [-0.2, -0.15) is 0 Å². The van der Waals surface area contributed by atoms with E-state index in [0.717, 1.165) is 18.4 Å². The molecule has 1 N–H and O–H groups in total. The van der Waals surface area contributed by atoms with Crippen LogP contribution < -0.4 is 5.32 Å². The van der Waals surface area contributed by atoms with Gasteiger partial charge in [-0.3, -0.25) is 0 Å². The third-order valence-corrected chi connectivity index (χ3v) is 3.41. The zero-order valence-corrected chi connectivity index (χ0v) is 12.3. The first-order valence-corrected chi connectivity index (χ1v) is 7.47. The fraction of sp³-hybridized carbons (Fsp3) is 0.647. The highest BCUT2D eigenvalue weighted by Crippen LogP contribution is 2.18. The standard InChI is InChI=1S/C17H29N/c1-4-18-14-17(13-15(2)3)12-8-11-16-9-6-5-7-10-16/h5-7,9-10,15,17-18H,4,8,11-14H2,1-3H3. The van der Waals surface area contributed by atoms with Crippen LogP contribution in [0.5, 0.6) is 0 Å². The number of rotatable bonds is 9. The van der Waals surface area contributed by atoms with Gasteiger partial charge in [0.25, 0.3) is 0 Å². The summed E-state index contributed by atoms with van der Waals surface area (Å²) in [6.07, 6.45) is 5.23. The van der Waals surface area contributed by atoms with Crippen molar-refractivity contribution in [2.24, 2.45) is 11.8 Å². The van der Waals surface area contributed by atoms with Crippen molar-refractivity contribution >= 4 is 0 Å². The van der Waals surface area contributed by atoms with Crippen LogP contribution in [0.2, 0.25) is 0 Å². The molecule has 0 heterocycles. The third-order valence-electron chi connectivity index (χ3n) is 3.41. The van der Waals surface area contributed by atoms with Crippen molar-refractivity contribution in [3.05, 3.63) is 35.9 Å². The van der Waals surface area contributed by atoms with E-state index < -0.39 is 0 Å². The predicted molar refractivity (Wildman–Crippen MR) is 80.9 cm³/mol. The molecule has 102 valence electrons. The minimum atomic E-state index is 0.811. The molecule has 1 heteroatoms. The molecule has 0 fully saturated rings. The molecule has 0 radical (unpaired) electrons. The monoisotopic (exact) mass is 247 g/mol. The molecular weight excluding hydrogens is 218 g/mol. The minimum absolute atomic E-state index is 0.811. The van der Waals surface area contributed by atoms with E-state index >= 15 is 0 Å². The van der Waals surface area contributed by atoms with Crippen LogP contribution in [0.4, 0.5) is 0 Å². The van der Waals surface area contributed by atoms with Gasteiger partial charge in [0.15, 0.2) is 0 Å². The first kappa shape index (κ1) is 15.2. The summed E-state index contributed by atoms with van der Waals surface area (Å²) in [5.41, 5.74) is 1.48. The second-order valence-corrected chi connectivity index (χ2v) is 5.68. The smallest absolute Gasteiger partial charge is 0.00205 e. The van der Waals surface area contributed by atoms with Gasteiger partial charge in [0, 0.05) is 0 Å². The van der Waals surface area contributed by atoms with E-state index in [1.54, 1.807) is 0 Å². The average Bonchev–Trinajstić information content (AvgIpc) is 2.36. The van der Waals surface area contributed by atoms with Gasteiger partial charge in [-0.15, -0.1) is 0 Å². The van der Waals surface area contributed by atoms with Gasteiger partial charge in [-0.25, -0.2) is 0 Å². The number of aryl methyl sites for hydroxylation is 1. The molecule has 0 saturated heterocycles. The van der Waals surface area contributed by atoms with Crippen LogP contribution in [0.15, 0.2) is 30.3 Å². The molecule has 1 unspecified atom stereocenters. The number of hydrogen-bond acceptors (Lipinski definition) is 1. The summed E-state index contributed by atoms with van der Waals surface area (Å²) in [7, 11) is 0. The Hall–Kier alpha value is -0.820. The Labute approximate surface area is 113 Å². The van der Waals surface area contributed by atoms with Crippen molar-refractivity contribution in [2.75, 3.05) is 13.1 Å². The van der Waals surface area contributed by atoms with Crippen LogP contribution in [0.25, 0.3) is 0 Å². The zero-order valence-electron chi connectivity index (χ0n) is 12.3. The van der Waals surface area contributed by atoms with Crippen molar-refractivity contribution in [1.29, 1.82) is 0 Å². The summed E-state index contributed by atoms with van der Waals surface area (Å²) in [5, 5.41) is 3.50. The highest BCUT2D eigenvalue weighted by molar-refractivity contribution is 5.14. The maximum atomic E-state index is 3.50. The van der Waals surface area contributed by atoms with Gasteiger partial charge >= 0.3 is 0 Å². The van der Waals surface area contributed by atoms with Crippen LogP contribution in [-0.4, -0.2) is 13.1 Å². The van der Waals surface area contributed by atoms with Crippen molar-refractivity contribution in [3.8, 4) is 0 Å². The summed E-state index contributed by atoms with van der Waals surface area (Å²) in [6, 6.07) is 10.8. The summed E-state index contributed by atoms with van der Waals surface area (Å²) < 4.78 is 0. The number of benzene rings is 1. The topological polar surface area (TPSA) is 12.0 Å². The van der Waals surface area contributed by atoms with Crippen molar-refractivity contribution in [3.63, 3.8) is 0 Å². The summed E-state index contributed by atoms with van der Waals surface area (Å²) in [5.74, 6) is 1.65. The SMILES string of the molecule is CCNCC(CCCc1ccccc1)CC(C)C. The van der Waals surface area contributed by atoms with Crippen LogP contribution in [0.3, 0.4) is 0 Å². The van der Waals surface area contributed by atoms with Crippen molar-refractivity contribution in [1.82, 2.24) is 5.32 Å². The van der Waals surface area contributed by atoms with E-state index in [2.05, 4.69) is 56.4 Å². The van der Waals surface area contributed by atoms with E-state index in [4.69, 9.17) is 0 Å². The maximum Gasteiger partial charge on any atom is -0.00205 e. The summed E-state index contributed by atoms with van der Waals surface area (Å²) in [6.45, 7) is 9.12. The quantitative estimate of drug-likeness (QED) is 0.687. The normalized spacial score (nSPS) is 12.9. The lowest BCUT2D eigenvalue weighted by Crippen LogP contribution is -2.23. The molecule has 1 nitrogen and oxygen atoms in total. The molecule has 1 rings (SSSR count). The number of nitrogens with one attached hydrogen (secondary N) is 1. The highest BCUT2D eigenvalue weighted by atomic mass is 14.8. The van der Waals surface area contributed by atoms with Crippen LogP contribution in [0, 0.1) is 11.8 Å². The first-order chi connectivity index (χ1) is 8.72. The molecule has 0 aromatic heterocycles. The van der Waals surface area contributed by atoms with Gasteiger partial charge in [-0.05, 0) is 56.2 Å². The van der Waals surface area contributed by atoms with E-state index in [9.17, 15) is 0 Å². The minimum Gasteiger partial charge on any atom is -0.317 e. The third kappa shape index (κ3) is 6.80. The molecule has 0 aliphatic heterocycles. The second-order valence-electron chi connectivity index (χ2n) is 5.68.